The molecule has 37 heavy (non-hydrogen) atoms. The van der Waals surface area contributed by atoms with Crippen molar-refractivity contribution < 1.29 is 9.53 Å². The van der Waals surface area contributed by atoms with Gasteiger partial charge >= 0.3 is 0 Å². The molecule has 0 radical (unpaired) electrons. The molecule has 5 heterocycles. The number of carbonyl (C=O) groups excluding carboxylic acids is 1. The zero-order chi connectivity index (χ0) is 25.5. The first kappa shape index (κ1) is 24.2. The molecule has 10 heteroatoms. The van der Waals surface area contributed by atoms with Gasteiger partial charge in [-0.3, -0.25) is 14.1 Å². The molecule has 2 unspecified atom stereocenters. The van der Waals surface area contributed by atoms with E-state index in [1.807, 2.05) is 41.4 Å². The molecule has 0 aliphatic carbocycles. The number of imidazole rings is 1. The second-order valence-electron chi connectivity index (χ2n) is 9.62. The van der Waals surface area contributed by atoms with Gasteiger partial charge in [0.1, 0.15) is 0 Å². The van der Waals surface area contributed by atoms with Crippen molar-refractivity contribution in [1.29, 1.82) is 0 Å². The average molecular weight is 537 g/mol. The van der Waals surface area contributed by atoms with Gasteiger partial charge in [-0.1, -0.05) is 35.3 Å². The fourth-order valence-corrected chi connectivity index (χ4v) is 5.82. The molecule has 2 atom stereocenters. The molecule has 8 nitrogen and oxygen atoms in total. The molecule has 1 amide bonds. The van der Waals surface area contributed by atoms with Crippen LogP contribution in [0.5, 0.6) is 5.88 Å². The maximum absolute atomic E-state index is 13.5. The maximum atomic E-state index is 13.5. The first-order valence-electron chi connectivity index (χ1n) is 12.3. The number of methoxy groups -OCH3 is 1. The standard InChI is InChI=1S/C27H26Cl2N6O2/c1-37-23-8-7-21(29)25(31-23)26(36)35-14-17-9-12-33(15-20(35)13-17)16-22-24(18-3-5-19(28)6-4-18)32-27-30-10-2-11-34(22)27/h2-8,10-11,17,20H,9,12-16H2,1H3. The molecule has 2 saturated heterocycles. The molecule has 2 aliphatic heterocycles. The minimum atomic E-state index is -0.140. The molecule has 2 aliphatic rings. The summed E-state index contributed by atoms with van der Waals surface area (Å²) in [4.78, 5) is 31.6. The van der Waals surface area contributed by atoms with Gasteiger partial charge in [0.15, 0.2) is 5.69 Å². The van der Waals surface area contributed by atoms with E-state index in [1.165, 1.54) is 7.11 Å². The third-order valence-corrected chi connectivity index (χ3v) is 7.87. The van der Waals surface area contributed by atoms with Crippen molar-refractivity contribution in [1.82, 2.24) is 29.2 Å². The molecule has 1 aromatic carbocycles. The van der Waals surface area contributed by atoms with Crippen LogP contribution in [-0.2, 0) is 6.54 Å². The van der Waals surface area contributed by atoms with E-state index in [1.54, 1.807) is 18.3 Å². The smallest absolute Gasteiger partial charge is 0.274 e. The summed E-state index contributed by atoms with van der Waals surface area (Å²) in [6, 6.07) is 13.1. The predicted octanol–water partition coefficient (Wildman–Crippen LogP) is 4.84. The number of nitrogens with zero attached hydrogens (tertiary/aromatic N) is 6. The van der Waals surface area contributed by atoms with Crippen LogP contribution in [0.2, 0.25) is 10.0 Å². The number of halogens is 2. The summed E-state index contributed by atoms with van der Waals surface area (Å²) in [5.41, 5.74) is 3.21. The summed E-state index contributed by atoms with van der Waals surface area (Å²) in [6.07, 6.45) is 5.75. The van der Waals surface area contributed by atoms with Crippen LogP contribution >= 0.6 is 23.2 Å². The zero-order valence-electron chi connectivity index (χ0n) is 20.3. The SMILES string of the molecule is COc1ccc(Cl)c(C(=O)N2CC3CCN(Cc4c(-c5ccc(Cl)cc5)nc5ncccn45)CC2C3)n1. The van der Waals surface area contributed by atoms with E-state index in [4.69, 9.17) is 32.9 Å². The summed E-state index contributed by atoms with van der Waals surface area (Å²) in [6.45, 7) is 3.13. The van der Waals surface area contributed by atoms with E-state index >= 15 is 0 Å². The minimum absolute atomic E-state index is 0.0837. The summed E-state index contributed by atoms with van der Waals surface area (Å²) in [5.74, 6) is 1.35. The number of pyridine rings is 1. The highest BCUT2D eigenvalue weighted by Crippen LogP contribution is 2.34. The van der Waals surface area contributed by atoms with Crippen LogP contribution in [-0.4, -0.2) is 67.8 Å². The van der Waals surface area contributed by atoms with E-state index < -0.39 is 0 Å². The van der Waals surface area contributed by atoms with Gasteiger partial charge in [0.2, 0.25) is 11.7 Å². The predicted molar refractivity (Wildman–Crippen MR) is 142 cm³/mol. The molecule has 0 saturated carbocycles. The van der Waals surface area contributed by atoms with E-state index in [9.17, 15) is 4.79 Å². The van der Waals surface area contributed by atoms with E-state index in [-0.39, 0.29) is 17.6 Å². The highest BCUT2D eigenvalue weighted by atomic mass is 35.5. The number of carbonyl (C=O) groups is 1. The number of hydrogen-bond acceptors (Lipinski definition) is 6. The number of ether oxygens (including phenoxy) is 1. The lowest BCUT2D eigenvalue weighted by Gasteiger charge is -2.31. The van der Waals surface area contributed by atoms with Crippen molar-refractivity contribution in [3.8, 4) is 17.1 Å². The number of rotatable bonds is 5. The van der Waals surface area contributed by atoms with E-state index in [0.717, 1.165) is 49.4 Å². The molecule has 2 bridgehead atoms. The fourth-order valence-electron chi connectivity index (χ4n) is 5.50. The van der Waals surface area contributed by atoms with Crippen molar-refractivity contribution in [3.63, 3.8) is 0 Å². The summed E-state index contributed by atoms with van der Waals surface area (Å²) >= 11 is 12.5. The molecule has 190 valence electrons. The Labute approximate surface area is 224 Å². The van der Waals surface area contributed by atoms with Crippen molar-refractivity contribution in [3.05, 3.63) is 76.3 Å². The highest BCUT2D eigenvalue weighted by Gasteiger charge is 2.40. The van der Waals surface area contributed by atoms with Gasteiger partial charge in [0, 0.05) is 54.7 Å². The van der Waals surface area contributed by atoms with Crippen molar-refractivity contribution in [2.24, 2.45) is 5.92 Å². The van der Waals surface area contributed by atoms with Crippen molar-refractivity contribution in [2.45, 2.75) is 25.4 Å². The number of benzene rings is 1. The number of hydrogen-bond donors (Lipinski definition) is 0. The Balaban J connectivity index is 1.28. The fraction of sp³-hybridized carbons (Fsp3) is 0.333. The molecule has 3 aromatic heterocycles. The summed E-state index contributed by atoms with van der Waals surface area (Å²) in [5, 5.41) is 1.03. The molecule has 4 aromatic rings. The average Bonchev–Trinajstić information content (AvgIpc) is 3.41. The lowest BCUT2D eigenvalue weighted by atomic mass is 10.0. The summed E-state index contributed by atoms with van der Waals surface area (Å²) in [7, 11) is 1.53. The Kier molecular flexibility index (Phi) is 6.48. The molecule has 6 rings (SSSR count). The largest absolute Gasteiger partial charge is 0.481 e. The molecule has 2 fully saturated rings. The normalized spacial score (nSPS) is 19.8. The third-order valence-electron chi connectivity index (χ3n) is 7.31. The lowest BCUT2D eigenvalue weighted by molar-refractivity contribution is 0.0669. The van der Waals surface area contributed by atoms with Crippen LogP contribution < -0.4 is 4.74 Å². The topological polar surface area (TPSA) is 75.9 Å². The Morgan fingerprint density at radius 2 is 1.95 bits per heavy atom. The Hall–Kier alpha value is -3.20. The van der Waals surface area contributed by atoms with E-state index in [0.29, 0.717) is 34.2 Å². The van der Waals surface area contributed by atoms with Crippen LogP contribution in [0, 0.1) is 5.92 Å². The number of aromatic nitrogens is 4. The number of amides is 1. The van der Waals surface area contributed by atoms with Gasteiger partial charge in [-0.15, -0.1) is 0 Å². The Morgan fingerprint density at radius 3 is 2.76 bits per heavy atom. The Bertz CT molecular complexity index is 1460. The first-order valence-corrected chi connectivity index (χ1v) is 13.1. The second-order valence-corrected chi connectivity index (χ2v) is 10.5. The van der Waals surface area contributed by atoms with Crippen LogP contribution in [0.4, 0.5) is 0 Å². The molecule has 0 N–H and O–H groups in total. The van der Waals surface area contributed by atoms with E-state index in [2.05, 4.69) is 19.3 Å². The van der Waals surface area contributed by atoms with Gasteiger partial charge in [0.25, 0.3) is 5.91 Å². The quantitative estimate of drug-likeness (QED) is 0.363. The van der Waals surface area contributed by atoms with Gasteiger partial charge in [0.05, 0.1) is 23.5 Å². The monoisotopic (exact) mass is 536 g/mol. The maximum Gasteiger partial charge on any atom is 0.274 e. The Morgan fingerprint density at radius 1 is 1.11 bits per heavy atom. The van der Waals surface area contributed by atoms with Crippen LogP contribution in [0.3, 0.4) is 0 Å². The third kappa shape index (κ3) is 4.65. The van der Waals surface area contributed by atoms with Gasteiger partial charge in [-0.25, -0.2) is 15.0 Å². The molecular formula is C27H26Cl2N6O2. The second kappa shape index (κ2) is 9.93. The molecule has 0 spiro atoms. The minimum Gasteiger partial charge on any atom is -0.481 e. The van der Waals surface area contributed by atoms with Crippen molar-refractivity contribution in [2.75, 3.05) is 26.7 Å². The zero-order valence-corrected chi connectivity index (χ0v) is 21.9. The van der Waals surface area contributed by atoms with Gasteiger partial charge in [-0.2, -0.15) is 0 Å². The summed E-state index contributed by atoms with van der Waals surface area (Å²) < 4.78 is 7.28. The number of fused-ring (bicyclic) bond motifs is 3. The van der Waals surface area contributed by atoms with Crippen LogP contribution in [0.25, 0.3) is 17.0 Å². The number of likely N-dealkylation sites (tertiary alicyclic amines) is 2. The van der Waals surface area contributed by atoms with Crippen molar-refractivity contribution >= 4 is 34.9 Å². The highest BCUT2D eigenvalue weighted by molar-refractivity contribution is 6.33. The van der Waals surface area contributed by atoms with Crippen LogP contribution in [0.15, 0.2) is 54.9 Å². The van der Waals surface area contributed by atoms with Crippen LogP contribution in [0.1, 0.15) is 29.0 Å². The van der Waals surface area contributed by atoms with Gasteiger partial charge in [-0.05, 0) is 49.6 Å². The lowest BCUT2D eigenvalue weighted by Crippen LogP contribution is -2.44. The molecular weight excluding hydrogens is 511 g/mol. The first-order chi connectivity index (χ1) is 18.0. The van der Waals surface area contributed by atoms with Gasteiger partial charge < -0.3 is 9.64 Å².